The number of fused-ring (bicyclic) bond motifs is 1. The molecule has 1 atom stereocenters. The van der Waals surface area contributed by atoms with Gasteiger partial charge in [0.15, 0.2) is 0 Å². The molecule has 2 aromatic rings. The van der Waals surface area contributed by atoms with Crippen molar-refractivity contribution in [1.29, 1.82) is 0 Å². The van der Waals surface area contributed by atoms with Gasteiger partial charge in [0, 0.05) is 12.0 Å². The van der Waals surface area contributed by atoms with Crippen LogP contribution >= 0.6 is 0 Å². The molecule has 1 heterocycles. The van der Waals surface area contributed by atoms with Crippen LogP contribution in [0.5, 0.6) is 0 Å². The topological polar surface area (TPSA) is 42.4 Å². The lowest BCUT2D eigenvalue weighted by Crippen LogP contribution is -2.15. The van der Waals surface area contributed by atoms with Crippen molar-refractivity contribution >= 4 is 10.9 Å². The van der Waals surface area contributed by atoms with Crippen LogP contribution in [0.1, 0.15) is 42.7 Å². The molecule has 0 bridgehead atoms. The SMILES string of the molecule is CCCCOCC(O)c1cc(C(F)(F)F)nc2c(C(F)(F)F)cccc12. The summed E-state index contributed by atoms with van der Waals surface area (Å²) in [5, 5.41) is 10.0. The van der Waals surface area contributed by atoms with Gasteiger partial charge >= 0.3 is 12.4 Å². The number of rotatable bonds is 6. The van der Waals surface area contributed by atoms with Crippen LogP contribution in [0.15, 0.2) is 24.3 Å². The predicted octanol–water partition coefficient (Wildman–Crippen LogP) is 5.12. The van der Waals surface area contributed by atoms with E-state index in [2.05, 4.69) is 4.98 Å². The molecule has 0 aliphatic heterocycles. The Balaban J connectivity index is 2.57. The molecule has 0 fully saturated rings. The zero-order chi connectivity index (χ0) is 19.5. The number of aliphatic hydroxyl groups excluding tert-OH is 1. The Morgan fingerprint density at radius 1 is 1.12 bits per heavy atom. The second-order valence-corrected chi connectivity index (χ2v) is 5.74. The van der Waals surface area contributed by atoms with E-state index in [0.717, 1.165) is 12.5 Å². The van der Waals surface area contributed by atoms with Gasteiger partial charge < -0.3 is 9.84 Å². The third-order valence-electron chi connectivity index (χ3n) is 3.74. The van der Waals surface area contributed by atoms with Gasteiger partial charge in [-0.15, -0.1) is 0 Å². The summed E-state index contributed by atoms with van der Waals surface area (Å²) in [5.41, 5.74) is -3.94. The molecule has 1 aromatic carbocycles. The van der Waals surface area contributed by atoms with Gasteiger partial charge in [0.05, 0.1) is 17.7 Å². The highest BCUT2D eigenvalue weighted by Gasteiger charge is 2.37. The first-order chi connectivity index (χ1) is 12.1. The summed E-state index contributed by atoms with van der Waals surface area (Å²) in [6.07, 6.45) is -9.83. The van der Waals surface area contributed by atoms with E-state index in [0.29, 0.717) is 18.6 Å². The Kier molecular flexibility index (Phi) is 6.13. The number of alkyl halides is 6. The summed E-state index contributed by atoms with van der Waals surface area (Å²) in [4.78, 5) is 3.17. The summed E-state index contributed by atoms with van der Waals surface area (Å²) in [6, 6.07) is 3.48. The first-order valence-corrected chi connectivity index (χ1v) is 7.89. The molecule has 0 spiro atoms. The summed E-state index contributed by atoms with van der Waals surface area (Å²) >= 11 is 0. The number of pyridine rings is 1. The van der Waals surface area contributed by atoms with Crippen LogP contribution in [0.2, 0.25) is 0 Å². The highest BCUT2D eigenvalue weighted by molar-refractivity contribution is 5.86. The minimum Gasteiger partial charge on any atom is -0.386 e. The molecule has 0 saturated carbocycles. The van der Waals surface area contributed by atoms with Gasteiger partial charge in [0.2, 0.25) is 0 Å². The first-order valence-electron chi connectivity index (χ1n) is 7.89. The molecule has 0 radical (unpaired) electrons. The zero-order valence-corrected chi connectivity index (χ0v) is 13.8. The Hall–Kier alpha value is -1.87. The predicted molar refractivity (Wildman–Crippen MR) is 82.4 cm³/mol. The molecule has 0 aliphatic rings. The minimum absolute atomic E-state index is 0.195. The fourth-order valence-electron chi connectivity index (χ4n) is 2.46. The first kappa shape index (κ1) is 20.4. The molecule has 1 aromatic heterocycles. The Morgan fingerprint density at radius 2 is 1.81 bits per heavy atom. The zero-order valence-electron chi connectivity index (χ0n) is 13.8. The summed E-state index contributed by atoms with van der Waals surface area (Å²) in [7, 11) is 0. The van der Waals surface area contributed by atoms with E-state index in [1.54, 1.807) is 0 Å². The number of aromatic nitrogens is 1. The molecular weight excluding hydrogens is 364 g/mol. The van der Waals surface area contributed by atoms with Crippen molar-refractivity contribution in [2.24, 2.45) is 0 Å². The number of hydrogen-bond acceptors (Lipinski definition) is 3. The Bertz CT molecular complexity index is 757. The van der Waals surface area contributed by atoms with Gasteiger partial charge in [0.1, 0.15) is 11.8 Å². The van der Waals surface area contributed by atoms with E-state index < -0.39 is 35.2 Å². The summed E-state index contributed by atoms with van der Waals surface area (Å²) < 4.78 is 83.9. The summed E-state index contributed by atoms with van der Waals surface area (Å²) in [6.45, 7) is 1.87. The number of aliphatic hydroxyl groups is 1. The highest BCUT2D eigenvalue weighted by Crippen LogP contribution is 2.38. The number of ether oxygens (including phenoxy) is 1. The van der Waals surface area contributed by atoms with Gasteiger partial charge in [-0.2, -0.15) is 26.3 Å². The molecule has 26 heavy (non-hydrogen) atoms. The van der Waals surface area contributed by atoms with Crippen LogP contribution in [0.4, 0.5) is 26.3 Å². The second-order valence-electron chi connectivity index (χ2n) is 5.74. The van der Waals surface area contributed by atoms with Crippen molar-refractivity contribution in [1.82, 2.24) is 4.98 Å². The lowest BCUT2D eigenvalue weighted by molar-refractivity contribution is -0.142. The monoisotopic (exact) mass is 381 g/mol. The Morgan fingerprint density at radius 3 is 2.38 bits per heavy atom. The van der Waals surface area contributed by atoms with Gasteiger partial charge in [-0.1, -0.05) is 25.5 Å². The van der Waals surface area contributed by atoms with Crippen LogP contribution in [0, 0.1) is 0 Å². The fourth-order valence-corrected chi connectivity index (χ4v) is 2.46. The van der Waals surface area contributed by atoms with Crippen molar-refractivity contribution in [3.8, 4) is 0 Å². The van der Waals surface area contributed by atoms with Crippen LogP contribution in [-0.4, -0.2) is 23.3 Å². The third kappa shape index (κ3) is 4.64. The molecule has 1 N–H and O–H groups in total. The number of benzene rings is 1. The normalized spacial score (nSPS) is 14.0. The number of unbranched alkanes of at least 4 members (excludes halogenated alkanes) is 1. The van der Waals surface area contributed by atoms with Crippen molar-refractivity contribution < 1.29 is 36.2 Å². The maximum atomic E-state index is 13.2. The molecule has 2 rings (SSSR count). The van der Waals surface area contributed by atoms with E-state index in [-0.39, 0.29) is 24.2 Å². The molecule has 144 valence electrons. The number of hydrogen-bond donors (Lipinski definition) is 1. The smallest absolute Gasteiger partial charge is 0.386 e. The largest absolute Gasteiger partial charge is 0.433 e. The molecule has 1 unspecified atom stereocenters. The van der Waals surface area contributed by atoms with Crippen LogP contribution in [-0.2, 0) is 17.1 Å². The lowest BCUT2D eigenvalue weighted by atomic mass is 10.00. The van der Waals surface area contributed by atoms with Gasteiger partial charge in [-0.3, -0.25) is 0 Å². The van der Waals surface area contributed by atoms with E-state index >= 15 is 0 Å². The quantitative estimate of drug-likeness (QED) is 0.558. The average molecular weight is 381 g/mol. The number of nitrogens with zero attached hydrogens (tertiary/aromatic N) is 1. The number of para-hydroxylation sites is 1. The second kappa shape index (κ2) is 7.79. The molecular formula is C17H17F6NO2. The standard InChI is InChI=1S/C17H17F6NO2/c1-2-3-7-26-9-13(25)11-8-14(17(21,22)23)24-15-10(11)5-4-6-12(15)16(18,19)20/h4-6,8,13,25H,2-3,7,9H2,1H3. The fraction of sp³-hybridized carbons (Fsp3) is 0.471. The minimum atomic E-state index is -4.95. The lowest BCUT2D eigenvalue weighted by Gasteiger charge is -2.18. The van der Waals surface area contributed by atoms with E-state index in [1.807, 2.05) is 6.92 Å². The molecule has 0 amide bonds. The van der Waals surface area contributed by atoms with Gasteiger partial charge in [0.25, 0.3) is 0 Å². The molecule has 0 aliphatic carbocycles. The van der Waals surface area contributed by atoms with E-state index in [4.69, 9.17) is 4.74 Å². The van der Waals surface area contributed by atoms with E-state index in [1.165, 1.54) is 6.07 Å². The molecule has 9 heteroatoms. The van der Waals surface area contributed by atoms with Gasteiger partial charge in [-0.25, -0.2) is 4.98 Å². The maximum Gasteiger partial charge on any atom is 0.433 e. The maximum absolute atomic E-state index is 13.2. The highest BCUT2D eigenvalue weighted by atomic mass is 19.4. The Labute approximate surface area is 145 Å². The average Bonchev–Trinajstić information content (AvgIpc) is 2.55. The third-order valence-corrected chi connectivity index (χ3v) is 3.74. The van der Waals surface area contributed by atoms with Crippen molar-refractivity contribution in [3.05, 3.63) is 41.1 Å². The molecule has 3 nitrogen and oxygen atoms in total. The van der Waals surface area contributed by atoms with Crippen LogP contribution < -0.4 is 0 Å². The van der Waals surface area contributed by atoms with Crippen LogP contribution in [0.25, 0.3) is 10.9 Å². The van der Waals surface area contributed by atoms with Gasteiger partial charge in [-0.05, 0) is 24.1 Å². The number of halogens is 6. The molecule has 0 saturated heterocycles. The van der Waals surface area contributed by atoms with Crippen LogP contribution in [0.3, 0.4) is 0 Å². The van der Waals surface area contributed by atoms with Crippen molar-refractivity contribution in [2.75, 3.05) is 13.2 Å². The van der Waals surface area contributed by atoms with E-state index in [9.17, 15) is 31.4 Å². The van der Waals surface area contributed by atoms with Crippen molar-refractivity contribution in [3.63, 3.8) is 0 Å². The van der Waals surface area contributed by atoms with Crippen molar-refractivity contribution in [2.45, 2.75) is 38.2 Å². The summed E-state index contributed by atoms with van der Waals surface area (Å²) in [5.74, 6) is 0.